The van der Waals surface area contributed by atoms with Crippen LogP contribution < -0.4 is 0 Å². The minimum absolute atomic E-state index is 0.0378. The minimum atomic E-state index is -4.87. The Labute approximate surface area is 524 Å². The Bertz CT molecular complexity index is 3550. The third kappa shape index (κ3) is 17.2. The molecular formula is C71H73NO15S2. The van der Waals surface area contributed by atoms with Gasteiger partial charge in [-0.25, -0.2) is 8.42 Å². The third-order valence-electron chi connectivity index (χ3n) is 15.4. The number of carbonyl (C=O) groups excluding carboxylic acids is 3. The van der Waals surface area contributed by atoms with Crippen molar-refractivity contribution in [2.75, 3.05) is 13.3 Å². The van der Waals surface area contributed by atoms with E-state index in [0.717, 1.165) is 54.8 Å². The molecule has 2 aliphatic rings. The highest BCUT2D eigenvalue weighted by Crippen LogP contribution is 2.42. The molecule has 0 aromatic heterocycles. The lowest BCUT2D eigenvalue weighted by Crippen LogP contribution is -2.69. The molecule has 1 aliphatic heterocycles. The molecule has 11 atom stereocenters. The Morgan fingerprint density at radius 2 is 0.820 bits per heavy atom. The molecule has 1 heterocycles. The van der Waals surface area contributed by atoms with E-state index in [-0.39, 0.29) is 37.9 Å². The maximum absolute atomic E-state index is 16.5. The predicted octanol–water partition coefficient (Wildman–Crippen LogP) is 11.7. The maximum atomic E-state index is 16.5. The van der Waals surface area contributed by atoms with Crippen LogP contribution in [-0.2, 0) is 105 Å². The van der Waals surface area contributed by atoms with Gasteiger partial charge in [-0.2, -0.15) is 4.31 Å². The fourth-order valence-electron chi connectivity index (χ4n) is 11.1. The van der Waals surface area contributed by atoms with Crippen LogP contribution in [0.1, 0.15) is 54.2 Å². The van der Waals surface area contributed by atoms with E-state index in [4.69, 9.17) is 47.4 Å². The molecule has 16 nitrogen and oxygen atoms in total. The van der Waals surface area contributed by atoms with Crippen LogP contribution in [0.3, 0.4) is 0 Å². The number of nitrogens with zero attached hydrogens (tertiary/aromatic N) is 1. The molecule has 18 heteroatoms. The van der Waals surface area contributed by atoms with Crippen LogP contribution in [0.5, 0.6) is 0 Å². The van der Waals surface area contributed by atoms with Crippen molar-refractivity contribution in [1.82, 2.24) is 4.31 Å². The average molecular weight is 1240 g/mol. The summed E-state index contributed by atoms with van der Waals surface area (Å²) in [7, 11) is -4.87. The molecule has 89 heavy (non-hydrogen) atoms. The molecule has 0 amide bonds. The number of thioether (sulfide) groups is 1. The molecule has 8 aromatic carbocycles. The molecule has 10 rings (SSSR count). The number of rotatable bonds is 27. The van der Waals surface area contributed by atoms with E-state index in [0.29, 0.717) is 10.3 Å². The minimum Gasteiger partial charge on any atom is -0.463 e. The number of aryl methyl sites for hydroxylation is 1. The zero-order valence-electron chi connectivity index (χ0n) is 50.0. The first kappa shape index (κ1) is 64.4. The molecule has 2 fully saturated rings. The molecule has 0 bridgehead atoms. The van der Waals surface area contributed by atoms with E-state index < -0.39 is 108 Å². The maximum Gasteiger partial charge on any atom is 0.303 e. The molecule has 0 radical (unpaired) electrons. The standard InChI is InChI=1S/C71H73NO15S2/c1-48-34-37-59(38-35-48)88-71-62(64(86-51(4)75)63(85-50(3)74)61(87-71)46-78-49(2)73)72(89(76,77)60-39-36-57-32-20-21-33-58(57)40-60)47-84-70-68(82-44-55-28-16-8-17-29-55)66(80-42-53-24-12-6-13-25-53)65(79-41-52-22-10-5-11-23-52)67(81-43-54-26-14-7-15-27-54)69(70)83-45-56-30-18-9-19-31-56/h5-40,61-71H,41-47H2,1-4H3/t61-,62-,63-,64-,65?,66-,67+,68-,69-,70?,71+/m1/s1. The smallest absolute Gasteiger partial charge is 0.303 e. The highest BCUT2D eigenvalue weighted by atomic mass is 32.2. The van der Waals surface area contributed by atoms with E-state index in [1.165, 1.54) is 26.8 Å². The predicted molar refractivity (Wildman–Crippen MR) is 335 cm³/mol. The summed E-state index contributed by atoms with van der Waals surface area (Å²) in [6.45, 7) is 4.61. The normalized spacial score (nSPS) is 22.7. The quantitative estimate of drug-likeness (QED) is 0.0269. The zero-order chi connectivity index (χ0) is 62.1. The fourth-order valence-corrected chi connectivity index (χ4v) is 13.9. The van der Waals surface area contributed by atoms with Gasteiger partial charge in [0, 0.05) is 25.7 Å². The van der Waals surface area contributed by atoms with Gasteiger partial charge in [0.1, 0.15) is 67.5 Å². The molecule has 1 aliphatic carbocycles. The summed E-state index contributed by atoms with van der Waals surface area (Å²) in [5, 5.41) is 1.39. The van der Waals surface area contributed by atoms with E-state index in [2.05, 4.69) is 0 Å². The van der Waals surface area contributed by atoms with Crippen LogP contribution in [0.25, 0.3) is 10.8 Å². The lowest BCUT2D eigenvalue weighted by Gasteiger charge is -2.51. The lowest BCUT2D eigenvalue weighted by atomic mass is 9.83. The van der Waals surface area contributed by atoms with E-state index in [1.807, 2.05) is 201 Å². The monoisotopic (exact) mass is 1240 g/mol. The lowest BCUT2D eigenvalue weighted by molar-refractivity contribution is -0.295. The Balaban J connectivity index is 1.18. The van der Waals surface area contributed by atoms with Crippen LogP contribution in [0, 0.1) is 6.92 Å². The molecule has 0 N–H and O–H groups in total. The van der Waals surface area contributed by atoms with Crippen molar-refractivity contribution < 1.29 is 70.2 Å². The zero-order valence-corrected chi connectivity index (χ0v) is 51.6. The molecule has 1 saturated carbocycles. The summed E-state index contributed by atoms with van der Waals surface area (Å²) >= 11 is 1.14. The number of sulfonamides is 1. The van der Waals surface area contributed by atoms with Crippen molar-refractivity contribution in [2.45, 2.75) is 137 Å². The molecule has 8 aromatic rings. The van der Waals surface area contributed by atoms with E-state index >= 15 is 8.42 Å². The van der Waals surface area contributed by atoms with Gasteiger partial charge in [-0.1, -0.05) is 211 Å². The third-order valence-corrected chi connectivity index (χ3v) is 18.3. The van der Waals surface area contributed by atoms with Gasteiger partial charge in [0.15, 0.2) is 12.2 Å². The van der Waals surface area contributed by atoms with Gasteiger partial charge < -0.3 is 47.4 Å². The topological polar surface area (TPSA) is 181 Å². The second-order valence-corrected chi connectivity index (χ2v) is 24.9. The van der Waals surface area contributed by atoms with Crippen LogP contribution in [0.15, 0.2) is 228 Å². The van der Waals surface area contributed by atoms with Gasteiger partial charge in [0.25, 0.3) is 0 Å². The number of hydrogen-bond donors (Lipinski definition) is 0. The number of ether oxygens (including phenoxy) is 10. The van der Waals surface area contributed by atoms with Gasteiger partial charge in [-0.15, -0.1) is 0 Å². The Morgan fingerprint density at radius 1 is 0.438 bits per heavy atom. The number of esters is 3. The van der Waals surface area contributed by atoms with E-state index in [1.54, 1.807) is 18.2 Å². The fraction of sp³-hybridized carbons (Fsp3) is 0.310. The molecule has 2 unspecified atom stereocenters. The van der Waals surface area contributed by atoms with Gasteiger partial charge in [0.05, 0.1) is 37.9 Å². The summed E-state index contributed by atoms with van der Waals surface area (Å²) in [4.78, 5) is 40.1. The summed E-state index contributed by atoms with van der Waals surface area (Å²) in [6.07, 6.45) is -11.0. The summed E-state index contributed by atoms with van der Waals surface area (Å²) in [5.74, 6) is -2.30. The Hall–Kier alpha value is -7.59. The molecular weight excluding hydrogens is 1170 g/mol. The van der Waals surface area contributed by atoms with Gasteiger partial charge in [-0.05, 0) is 69.8 Å². The highest BCUT2D eigenvalue weighted by molar-refractivity contribution is 8.00. The Morgan fingerprint density at radius 3 is 1.22 bits per heavy atom. The average Bonchev–Trinajstić information content (AvgIpc) is 1.72. The van der Waals surface area contributed by atoms with Crippen molar-refractivity contribution >= 4 is 50.5 Å². The number of hydrogen-bond acceptors (Lipinski definition) is 16. The second-order valence-electron chi connectivity index (χ2n) is 21.9. The Kier molecular flexibility index (Phi) is 22.6. The van der Waals surface area contributed by atoms with Crippen molar-refractivity contribution in [2.24, 2.45) is 0 Å². The van der Waals surface area contributed by atoms with Crippen molar-refractivity contribution in [3.8, 4) is 0 Å². The van der Waals surface area contributed by atoms with Crippen molar-refractivity contribution in [3.63, 3.8) is 0 Å². The number of fused-ring (bicyclic) bond motifs is 1. The number of carbonyl (C=O) groups is 3. The second kappa shape index (κ2) is 31.2. The largest absolute Gasteiger partial charge is 0.463 e. The van der Waals surface area contributed by atoms with Crippen LogP contribution in [0.2, 0.25) is 0 Å². The first-order valence-electron chi connectivity index (χ1n) is 29.5. The van der Waals surface area contributed by atoms with Gasteiger partial charge in [0.2, 0.25) is 10.0 Å². The molecule has 0 spiro atoms. The highest BCUT2D eigenvalue weighted by Gasteiger charge is 2.58. The van der Waals surface area contributed by atoms with Crippen molar-refractivity contribution in [3.05, 3.63) is 252 Å². The first-order valence-corrected chi connectivity index (χ1v) is 31.9. The van der Waals surface area contributed by atoms with Gasteiger partial charge in [-0.3, -0.25) is 14.4 Å². The van der Waals surface area contributed by atoms with Crippen LogP contribution >= 0.6 is 11.8 Å². The van der Waals surface area contributed by atoms with Gasteiger partial charge >= 0.3 is 17.9 Å². The molecule has 1 saturated heterocycles. The van der Waals surface area contributed by atoms with Crippen LogP contribution in [-0.4, -0.2) is 110 Å². The number of benzene rings is 8. The van der Waals surface area contributed by atoms with Crippen molar-refractivity contribution in [1.29, 1.82) is 0 Å². The first-order chi connectivity index (χ1) is 43.3. The SMILES string of the molecule is CC(=O)OC[C@H]1O[C@@H](Sc2ccc(C)cc2)[C@H](N(COC2[C@H](OCc3ccccc3)[C@H](OCc3ccccc3)C(OCc3ccccc3)[C@H](OCc3ccccc3)[C@H]2OCc2ccccc2)S(=O)(=O)c2ccc3ccccc3c2)[C@@H](OC(C)=O)[C@@H]1OC(C)=O. The molecule has 464 valence electrons. The van der Waals surface area contributed by atoms with Crippen LogP contribution in [0.4, 0.5) is 0 Å². The summed E-state index contributed by atoms with van der Waals surface area (Å²) in [6, 6.07) is 66.4. The summed E-state index contributed by atoms with van der Waals surface area (Å²) in [5.41, 5.74) is 3.88. The van der Waals surface area contributed by atoms with E-state index in [9.17, 15) is 14.4 Å². The summed E-state index contributed by atoms with van der Waals surface area (Å²) < 4.78 is 102.